The van der Waals surface area contributed by atoms with Gasteiger partial charge in [-0.1, -0.05) is 0 Å². The van der Waals surface area contributed by atoms with Gasteiger partial charge >= 0.3 is 88.1 Å². The van der Waals surface area contributed by atoms with Gasteiger partial charge in [0.1, 0.15) is 0 Å². The van der Waals surface area contributed by atoms with Crippen molar-refractivity contribution >= 4 is 41.1 Å². The maximum Gasteiger partial charge on any atom is -0.0149 e. The number of phenolic OH excluding ortho intramolecular Hbond substituents is 1. The third kappa shape index (κ3) is 3.86. The van der Waals surface area contributed by atoms with E-state index in [2.05, 4.69) is 5.32 Å². The Bertz CT molecular complexity index is 444. The number of benzene rings is 1. The molecule has 1 rings (SSSR count). The van der Waals surface area contributed by atoms with E-state index in [1.54, 1.807) is 0 Å². The Hall–Kier alpha value is -1.01. The first-order valence-corrected chi connectivity index (χ1v) is 7.35. The van der Waals surface area contributed by atoms with Crippen LogP contribution in [0.1, 0.15) is 6.92 Å². The normalized spacial score (nSPS) is 10.4. The molecule has 0 saturated heterocycles. The Morgan fingerprint density at radius 3 is 2.38 bits per heavy atom. The van der Waals surface area contributed by atoms with Crippen LogP contribution in [0.2, 0.25) is 0 Å². The van der Waals surface area contributed by atoms with Crippen molar-refractivity contribution in [3.8, 4) is 5.75 Å². The number of aromatic hydroxyl groups is 1. The van der Waals surface area contributed by atoms with Crippen molar-refractivity contribution in [3.63, 3.8) is 0 Å². The van der Waals surface area contributed by atoms with Gasteiger partial charge < -0.3 is 0 Å². The fraction of sp³-hybridized carbons (Fsp3) is 0.125. The molecule has 0 aliphatic rings. The van der Waals surface area contributed by atoms with Crippen molar-refractivity contribution in [2.24, 2.45) is 0 Å². The predicted molar refractivity (Wildman–Crippen MR) is 64.3 cm³/mol. The van der Waals surface area contributed by atoms with Gasteiger partial charge in [0.25, 0.3) is 0 Å². The van der Waals surface area contributed by atoms with Gasteiger partial charge in [-0.2, -0.15) is 0 Å². The monoisotopic (exact) mass is 307 g/mol. The molecule has 1 amide bonds. The zero-order valence-corrected chi connectivity index (χ0v) is 9.71. The minimum atomic E-state index is -4.98. The van der Waals surface area contributed by atoms with Crippen molar-refractivity contribution in [1.82, 2.24) is 0 Å². The summed E-state index contributed by atoms with van der Waals surface area (Å²) in [7, 11) is 0. The van der Waals surface area contributed by atoms with Crippen LogP contribution in [-0.2, 0) is 8.53 Å². The minimum absolute atomic E-state index is 0. The molecule has 0 aromatic heterocycles. The maximum atomic E-state index is 10.9. The molecule has 0 unspecified atom stereocenters. The van der Waals surface area contributed by atoms with Crippen LogP contribution in [0, 0.1) is 0 Å². The van der Waals surface area contributed by atoms with E-state index >= 15 is 0 Å². The van der Waals surface area contributed by atoms with E-state index in [4.69, 9.17) is 8.19 Å². The first kappa shape index (κ1) is 15.0. The summed E-state index contributed by atoms with van der Waals surface area (Å²) >= 11 is -4.98. The summed E-state index contributed by atoms with van der Waals surface area (Å²) in [4.78, 5) is 10.7. The number of hydrogen-bond donors (Lipinski definition) is 4. The van der Waals surface area contributed by atoms with Gasteiger partial charge in [-0.3, -0.25) is 0 Å². The summed E-state index contributed by atoms with van der Waals surface area (Å²) < 4.78 is 28.6. The zero-order valence-electron chi connectivity index (χ0n) is 7.84. The second kappa shape index (κ2) is 5.35. The summed E-state index contributed by atoms with van der Waals surface area (Å²) in [5, 5.41) is 11.6. The Labute approximate surface area is 99.3 Å². The first-order chi connectivity index (χ1) is 6.80. The van der Waals surface area contributed by atoms with Crippen LogP contribution < -0.4 is 9.67 Å². The molecule has 0 atom stereocenters. The Morgan fingerprint density at radius 2 is 1.94 bits per heavy atom. The van der Waals surface area contributed by atoms with Gasteiger partial charge in [-0.15, -0.1) is 0 Å². The molecule has 1 aromatic rings. The van der Waals surface area contributed by atoms with E-state index < -0.39 is 20.1 Å². The van der Waals surface area contributed by atoms with E-state index in [0.29, 0.717) is 0 Å². The summed E-state index contributed by atoms with van der Waals surface area (Å²) in [6.45, 7) is 1.23. The molecular weight excluding hydrogens is 293 g/mol. The van der Waals surface area contributed by atoms with Crippen LogP contribution in [0.25, 0.3) is 0 Å². The average Bonchev–Trinajstić information content (AvgIpc) is 2.06. The smallest absolute Gasteiger partial charge is 0.0149 e. The quantitative estimate of drug-likeness (QED) is 0.356. The Morgan fingerprint density at radius 1 is 1.38 bits per heavy atom. The van der Waals surface area contributed by atoms with Gasteiger partial charge in [0.2, 0.25) is 0 Å². The molecule has 0 spiro atoms. The van der Waals surface area contributed by atoms with Crippen LogP contribution in [0.3, 0.4) is 0 Å². The molecule has 0 radical (unpaired) electrons. The zero-order chi connectivity index (χ0) is 11.6. The Kier molecular flexibility index (Phi) is 5.02. The number of hydrogen-bond acceptors (Lipinski definition) is 3. The second-order valence-corrected chi connectivity index (χ2v) is 6.29. The van der Waals surface area contributed by atoms with Gasteiger partial charge in [-0.05, 0) is 11.0 Å². The Balaban J connectivity index is 0.00000225. The molecule has 0 fully saturated rings. The fourth-order valence-electron chi connectivity index (χ4n) is 0.995. The van der Waals surface area contributed by atoms with Gasteiger partial charge in [-0.25, -0.2) is 0 Å². The number of carbonyl (C=O) groups excluding carboxylic acids is 1. The summed E-state index contributed by atoms with van der Waals surface area (Å²) in [5.41, 5.74) is -0.00951. The molecule has 0 saturated carbocycles. The van der Waals surface area contributed by atoms with Crippen LogP contribution in [0.5, 0.6) is 5.75 Å². The van der Waals surface area contributed by atoms with Crippen LogP contribution in [-0.4, -0.2) is 44.3 Å². The van der Waals surface area contributed by atoms with Crippen molar-refractivity contribution in [3.05, 3.63) is 18.2 Å². The standard InChI is InChI=1S/C8H10AsNO5.H4Si/c1-5(11)10-7-4-6(9(13,14)15)2-3-8(7)12;/h2-4,12H,1H3,(H,10,11)(H2,13,14,15);1H4. The second-order valence-electron chi connectivity index (χ2n) is 2.93. The SMILES string of the molecule is CC(=O)Nc1cc([As](=O)(O)O)ccc1O.[SiH4]. The van der Waals surface area contributed by atoms with E-state index in [0.717, 1.165) is 18.2 Å². The van der Waals surface area contributed by atoms with E-state index in [1.807, 2.05) is 0 Å². The number of anilines is 1. The van der Waals surface area contributed by atoms with Crippen LogP contribution >= 0.6 is 0 Å². The van der Waals surface area contributed by atoms with Gasteiger partial charge in [0, 0.05) is 0 Å². The number of nitrogens with one attached hydrogen (secondary N) is 1. The number of rotatable bonds is 2. The molecular formula is C8H14AsNO5Si. The third-order valence-electron chi connectivity index (χ3n) is 1.63. The summed E-state index contributed by atoms with van der Waals surface area (Å²) in [5.74, 6) is -0.668. The van der Waals surface area contributed by atoms with Crippen molar-refractivity contribution in [1.29, 1.82) is 0 Å². The first-order valence-electron chi connectivity index (χ1n) is 3.97. The van der Waals surface area contributed by atoms with Gasteiger partial charge in [0.15, 0.2) is 0 Å². The molecule has 0 aliphatic carbocycles. The molecule has 1 aromatic carbocycles. The fourth-order valence-corrected chi connectivity index (χ4v) is 2.18. The largest absolute Gasteiger partial charge is 0.0149 e. The summed E-state index contributed by atoms with van der Waals surface area (Å²) in [6.07, 6.45) is 0. The average molecular weight is 307 g/mol. The molecule has 0 heterocycles. The van der Waals surface area contributed by atoms with Crippen LogP contribution in [0.4, 0.5) is 5.69 Å². The van der Waals surface area contributed by atoms with Crippen molar-refractivity contribution in [2.75, 3.05) is 5.32 Å². The molecule has 0 aliphatic heterocycles. The van der Waals surface area contributed by atoms with E-state index in [-0.39, 0.29) is 26.8 Å². The molecule has 16 heavy (non-hydrogen) atoms. The predicted octanol–water partition coefficient (Wildman–Crippen LogP) is -2.54. The molecule has 8 heteroatoms. The van der Waals surface area contributed by atoms with Crippen molar-refractivity contribution < 1.29 is 21.8 Å². The molecule has 0 bridgehead atoms. The van der Waals surface area contributed by atoms with E-state index in [9.17, 15) is 13.6 Å². The third-order valence-corrected chi connectivity index (χ3v) is 3.62. The summed E-state index contributed by atoms with van der Waals surface area (Å²) in [6, 6.07) is 3.32. The number of phenols is 1. The van der Waals surface area contributed by atoms with Gasteiger partial charge in [0.05, 0.1) is 0 Å². The number of carbonyl (C=O) groups is 1. The minimum Gasteiger partial charge on any atom is -0.0149 e. The van der Waals surface area contributed by atoms with Crippen LogP contribution in [0.15, 0.2) is 18.2 Å². The molecule has 4 N–H and O–H groups in total. The van der Waals surface area contributed by atoms with Crippen molar-refractivity contribution in [2.45, 2.75) is 6.92 Å². The maximum absolute atomic E-state index is 10.9. The topological polar surface area (TPSA) is 107 Å². The van der Waals surface area contributed by atoms with E-state index in [1.165, 1.54) is 6.92 Å². The molecule has 6 nitrogen and oxygen atoms in total. The molecule has 90 valence electrons. The number of amides is 1.